The van der Waals surface area contributed by atoms with Crippen LogP contribution >= 0.6 is 0 Å². The number of fused-ring (bicyclic) bond motifs is 15. The summed E-state index contributed by atoms with van der Waals surface area (Å²) in [6.45, 7) is 0. The molecule has 0 amide bonds. The standard InChI is InChI=1S/C46H26N4O/c1-2-14-27(15-3-1)42-45-43(33-21-9-13-25-39(33)51-45)48-46(47-42)50-37-24-12-8-20-32(37)40-38(50)26-34-30-18-7-11-23-36(30)49-35-22-10-6-17-29(35)28-16-4-5-19-31(28)41(40)44(34)49/h1-26H. The molecule has 12 rings (SSSR count). The lowest BCUT2D eigenvalue weighted by atomic mass is 9.91. The van der Waals surface area contributed by atoms with E-state index in [1.54, 1.807) is 0 Å². The highest BCUT2D eigenvalue weighted by atomic mass is 16.3. The summed E-state index contributed by atoms with van der Waals surface area (Å²) in [6.07, 6.45) is 0. The third-order valence-corrected chi connectivity index (χ3v) is 10.7. The zero-order valence-corrected chi connectivity index (χ0v) is 27.2. The average Bonchev–Trinajstić information content (AvgIpc) is 3.82. The number of nitrogens with zero attached hydrogens (tertiary/aromatic N) is 4. The first-order valence-corrected chi connectivity index (χ1v) is 17.3. The van der Waals surface area contributed by atoms with Gasteiger partial charge in [0.15, 0.2) is 5.58 Å². The topological polar surface area (TPSA) is 48.8 Å². The summed E-state index contributed by atoms with van der Waals surface area (Å²) in [7, 11) is 0. The van der Waals surface area contributed by atoms with Gasteiger partial charge < -0.3 is 8.98 Å². The lowest BCUT2D eigenvalue weighted by Crippen LogP contribution is -2.03. The Bertz CT molecular complexity index is 3250. The van der Waals surface area contributed by atoms with Crippen molar-refractivity contribution >= 4 is 65.7 Å². The van der Waals surface area contributed by atoms with E-state index in [4.69, 9.17) is 14.4 Å². The summed E-state index contributed by atoms with van der Waals surface area (Å²) in [5, 5.41) is 5.72. The maximum absolute atomic E-state index is 6.48. The van der Waals surface area contributed by atoms with Gasteiger partial charge in [-0.1, -0.05) is 121 Å². The van der Waals surface area contributed by atoms with Crippen molar-refractivity contribution in [2.45, 2.75) is 0 Å². The maximum Gasteiger partial charge on any atom is 0.236 e. The van der Waals surface area contributed by atoms with E-state index in [0.29, 0.717) is 11.5 Å². The number of aromatic nitrogens is 4. The predicted molar refractivity (Wildman–Crippen MR) is 208 cm³/mol. The van der Waals surface area contributed by atoms with Crippen molar-refractivity contribution in [3.05, 3.63) is 158 Å². The van der Waals surface area contributed by atoms with Gasteiger partial charge in [-0.15, -0.1) is 0 Å². The highest BCUT2D eigenvalue weighted by molar-refractivity contribution is 6.28. The molecule has 0 unspecified atom stereocenters. The number of rotatable bonds is 2. The Morgan fingerprint density at radius 1 is 0.471 bits per heavy atom. The number of hydrogen-bond donors (Lipinski definition) is 0. The zero-order chi connectivity index (χ0) is 33.2. The quantitative estimate of drug-likeness (QED) is 0.187. The highest BCUT2D eigenvalue weighted by Crippen LogP contribution is 2.51. The fraction of sp³-hybridized carbons (Fsp3) is 0. The molecule has 0 N–H and O–H groups in total. The molecule has 7 aromatic carbocycles. The molecule has 51 heavy (non-hydrogen) atoms. The Morgan fingerprint density at radius 3 is 1.96 bits per heavy atom. The second-order valence-corrected chi connectivity index (χ2v) is 13.3. The molecular weight excluding hydrogens is 625 g/mol. The molecular formula is C46H26N4O. The van der Waals surface area contributed by atoms with Crippen LogP contribution < -0.4 is 0 Å². The van der Waals surface area contributed by atoms with Crippen LogP contribution in [-0.2, 0) is 0 Å². The first-order valence-electron chi connectivity index (χ1n) is 17.3. The van der Waals surface area contributed by atoms with Crippen molar-refractivity contribution in [2.24, 2.45) is 0 Å². The van der Waals surface area contributed by atoms with Crippen molar-refractivity contribution in [1.82, 2.24) is 19.1 Å². The smallest absolute Gasteiger partial charge is 0.236 e. The maximum atomic E-state index is 6.48. The molecule has 0 saturated carbocycles. The Kier molecular flexibility index (Phi) is 5.17. The number of hydrogen-bond acceptors (Lipinski definition) is 3. The highest BCUT2D eigenvalue weighted by Gasteiger charge is 2.29. The first-order chi connectivity index (χ1) is 25.3. The van der Waals surface area contributed by atoms with E-state index in [1.807, 2.05) is 36.4 Å². The van der Waals surface area contributed by atoms with Crippen LogP contribution in [0.15, 0.2) is 162 Å². The molecule has 5 nitrogen and oxygen atoms in total. The van der Waals surface area contributed by atoms with Crippen LogP contribution in [0.25, 0.3) is 111 Å². The zero-order valence-electron chi connectivity index (χ0n) is 27.2. The Morgan fingerprint density at radius 2 is 1.12 bits per heavy atom. The normalized spacial score (nSPS) is 12.3. The van der Waals surface area contributed by atoms with Crippen molar-refractivity contribution < 1.29 is 4.42 Å². The van der Waals surface area contributed by atoms with Crippen LogP contribution in [0.1, 0.15) is 0 Å². The molecule has 1 aliphatic heterocycles. The fourth-order valence-corrected chi connectivity index (χ4v) is 8.60. The van der Waals surface area contributed by atoms with Crippen molar-refractivity contribution in [2.75, 3.05) is 0 Å². The van der Waals surface area contributed by atoms with Gasteiger partial charge in [0.05, 0.1) is 27.8 Å². The van der Waals surface area contributed by atoms with Crippen LogP contribution in [0.4, 0.5) is 0 Å². The molecule has 236 valence electrons. The molecule has 0 spiro atoms. The van der Waals surface area contributed by atoms with Crippen molar-refractivity contribution in [3.63, 3.8) is 0 Å². The summed E-state index contributed by atoms with van der Waals surface area (Å²) in [5.74, 6) is 0.611. The number of benzene rings is 7. The lowest BCUT2D eigenvalue weighted by molar-refractivity contribution is 0.666. The molecule has 1 aliphatic rings. The van der Waals surface area contributed by atoms with E-state index in [1.165, 1.54) is 55.1 Å². The molecule has 11 aromatic rings. The van der Waals surface area contributed by atoms with E-state index in [-0.39, 0.29) is 0 Å². The van der Waals surface area contributed by atoms with E-state index < -0.39 is 0 Å². The van der Waals surface area contributed by atoms with Gasteiger partial charge in [-0.25, -0.2) is 9.97 Å². The molecule has 5 heterocycles. The predicted octanol–water partition coefficient (Wildman–Crippen LogP) is 11.9. The summed E-state index contributed by atoms with van der Waals surface area (Å²) in [5.41, 5.74) is 14.6. The average molecular weight is 651 g/mol. The van der Waals surface area contributed by atoms with Crippen molar-refractivity contribution in [1.29, 1.82) is 0 Å². The van der Waals surface area contributed by atoms with Crippen LogP contribution in [0.3, 0.4) is 0 Å². The summed E-state index contributed by atoms with van der Waals surface area (Å²) in [4.78, 5) is 10.7. The van der Waals surface area contributed by atoms with Gasteiger partial charge >= 0.3 is 0 Å². The van der Waals surface area contributed by atoms with E-state index >= 15 is 0 Å². The summed E-state index contributed by atoms with van der Waals surface area (Å²) in [6, 6.07) is 55.9. The van der Waals surface area contributed by atoms with Gasteiger partial charge in [0.1, 0.15) is 16.8 Å². The Labute approximate surface area is 291 Å². The minimum atomic E-state index is 0.611. The van der Waals surface area contributed by atoms with Gasteiger partial charge in [-0.2, -0.15) is 0 Å². The Balaban J connectivity index is 1.32. The number of furan rings is 1. The van der Waals surface area contributed by atoms with Gasteiger partial charge in [0, 0.05) is 43.6 Å². The summed E-state index contributed by atoms with van der Waals surface area (Å²) >= 11 is 0. The number of para-hydroxylation sites is 4. The van der Waals surface area contributed by atoms with Crippen molar-refractivity contribution in [3.8, 4) is 45.1 Å². The van der Waals surface area contributed by atoms with Gasteiger partial charge in [0.25, 0.3) is 0 Å². The summed E-state index contributed by atoms with van der Waals surface area (Å²) < 4.78 is 11.2. The minimum absolute atomic E-state index is 0.611. The SMILES string of the molecule is c1ccc(-c2nc(-n3c4ccccc4c4c5c6c(cc43)c3ccccc3n6-c3ccccc3-c3ccccc3-5)nc3c2oc2ccccc23)cc1. The van der Waals surface area contributed by atoms with Crippen LogP contribution in [0.5, 0.6) is 0 Å². The van der Waals surface area contributed by atoms with Crippen LogP contribution in [0, 0.1) is 0 Å². The third-order valence-electron chi connectivity index (χ3n) is 10.7. The second kappa shape index (κ2) is 9.80. The van der Waals surface area contributed by atoms with Crippen LogP contribution in [0.2, 0.25) is 0 Å². The minimum Gasteiger partial charge on any atom is -0.452 e. The molecule has 0 saturated heterocycles. The van der Waals surface area contributed by atoms with E-state index in [0.717, 1.165) is 44.2 Å². The fourth-order valence-electron chi connectivity index (χ4n) is 8.60. The largest absolute Gasteiger partial charge is 0.452 e. The van der Waals surface area contributed by atoms with Gasteiger partial charge in [0.2, 0.25) is 5.95 Å². The molecule has 4 aromatic heterocycles. The molecule has 5 heteroatoms. The molecule has 0 fully saturated rings. The van der Waals surface area contributed by atoms with Gasteiger partial charge in [-0.3, -0.25) is 4.57 Å². The van der Waals surface area contributed by atoms with E-state index in [2.05, 4.69) is 130 Å². The first kappa shape index (κ1) is 26.9. The Hall–Kier alpha value is -6.98. The monoisotopic (exact) mass is 650 g/mol. The lowest BCUT2D eigenvalue weighted by Gasteiger charge is -2.12. The molecule has 0 atom stereocenters. The molecule has 0 radical (unpaired) electrons. The molecule has 0 bridgehead atoms. The van der Waals surface area contributed by atoms with Gasteiger partial charge in [-0.05, 0) is 47.5 Å². The van der Waals surface area contributed by atoms with Crippen LogP contribution in [-0.4, -0.2) is 19.1 Å². The second-order valence-electron chi connectivity index (χ2n) is 13.3. The van der Waals surface area contributed by atoms with E-state index in [9.17, 15) is 0 Å². The third kappa shape index (κ3) is 3.49. The molecule has 0 aliphatic carbocycles.